The van der Waals surface area contributed by atoms with E-state index in [1.54, 1.807) is 0 Å². The predicted octanol–water partition coefficient (Wildman–Crippen LogP) is -1.01. The molecule has 1 heterocycles. The highest BCUT2D eigenvalue weighted by atomic mass is 16.7. The summed E-state index contributed by atoms with van der Waals surface area (Å²) in [6.07, 6.45) is -1.21. The van der Waals surface area contributed by atoms with Crippen LogP contribution in [0.15, 0.2) is 0 Å². The van der Waals surface area contributed by atoms with Gasteiger partial charge in [0.25, 0.3) is 0 Å². The van der Waals surface area contributed by atoms with Gasteiger partial charge in [-0.1, -0.05) is 19.8 Å². The number of unbranched alkanes of at least 4 members (excludes halogenated alkanes) is 2. The Balaban J connectivity index is 2.54. The van der Waals surface area contributed by atoms with Gasteiger partial charge in [0.2, 0.25) is 5.79 Å². The fraction of sp³-hybridized carbons (Fsp3) is 1.00. The van der Waals surface area contributed by atoms with E-state index in [-0.39, 0.29) is 6.61 Å². The molecule has 1 rings (SSSR count). The molecule has 6 nitrogen and oxygen atoms in total. The molecule has 0 spiro atoms. The number of hydrogen-bond acceptors (Lipinski definition) is 6. The molecule has 0 aromatic carbocycles. The maximum atomic E-state index is 9.79. The van der Waals surface area contributed by atoms with E-state index in [9.17, 15) is 20.4 Å². The third-order valence-electron chi connectivity index (χ3n) is 2.98. The summed E-state index contributed by atoms with van der Waals surface area (Å²) in [7, 11) is 0. The number of aliphatic hydroxyl groups excluding tert-OH is 4. The summed E-state index contributed by atoms with van der Waals surface area (Å²) in [6, 6.07) is 0. The van der Waals surface area contributed by atoms with Crippen molar-refractivity contribution < 1.29 is 29.9 Å². The topological polar surface area (TPSA) is 99.4 Å². The molecular weight excluding hydrogens is 228 g/mol. The first-order chi connectivity index (χ1) is 8.07. The quantitative estimate of drug-likeness (QED) is 0.451. The van der Waals surface area contributed by atoms with Crippen molar-refractivity contribution in [3.63, 3.8) is 0 Å². The molecule has 0 amide bonds. The zero-order valence-corrected chi connectivity index (χ0v) is 10.1. The van der Waals surface area contributed by atoms with E-state index in [0.717, 1.165) is 19.3 Å². The van der Waals surface area contributed by atoms with Gasteiger partial charge in [0.05, 0.1) is 13.2 Å². The smallest absolute Gasteiger partial charge is 0.221 e. The second kappa shape index (κ2) is 6.63. The third-order valence-corrected chi connectivity index (χ3v) is 2.98. The fourth-order valence-electron chi connectivity index (χ4n) is 1.79. The summed E-state index contributed by atoms with van der Waals surface area (Å²) in [4.78, 5) is 0. The highest BCUT2D eigenvalue weighted by molar-refractivity contribution is 4.92. The Bertz CT molecular complexity index is 224. The van der Waals surface area contributed by atoms with Gasteiger partial charge in [-0.2, -0.15) is 0 Å². The Morgan fingerprint density at radius 3 is 2.59 bits per heavy atom. The predicted molar refractivity (Wildman–Crippen MR) is 59.3 cm³/mol. The normalized spacial score (nSPS) is 38.3. The average Bonchev–Trinajstić information content (AvgIpc) is 2.35. The van der Waals surface area contributed by atoms with Gasteiger partial charge in [-0.25, -0.2) is 0 Å². The van der Waals surface area contributed by atoms with Gasteiger partial charge in [-0.15, -0.1) is 0 Å². The molecule has 0 radical (unpaired) electrons. The Labute approximate surface area is 101 Å². The minimum Gasteiger partial charge on any atom is -0.391 e. The monoisotopic (exact) mass is 250 g/mol. The van der Waals surface area contributed by atoms with Gasteiger partial charge >= 0.3 is 0 Å². The van der Waals surface area contributed by atoms with Crippen molar-refractivity contribution in [1.29, 1.82) is 0 Å². The van der Waals surface area contributed by atoms with Gasteiger partial charge in [-0.3, -0.25) is 0 Å². The lowest BCUT2D eigenvalue weighted by atomic mass is 9.97. The van der Waals surface area contributed by atoms with Crippen LogP contribution in [-0.2, 0) is 9.47 Å². The lowest BCUT2D eigenvalue weighted by Crippen LogP contribution is -2.63. The van der Waals surface area contributed by atoms with E-state index in [2.05, 4.69) is 0 Å². The van der Waals surface area contributed by atoms with Crippen molar-refractivity contribution in [1.82, 2.24) is 0 Å². The minimum absolute atomic E-state index is 0.174. The average molecular weight is 250 g/mol. The summed E-state index contributed by atoms with van der Waals surface area (Å²) < 4.78 is 10.5. The van der Waals surface area contributed by atoms with Crippen LogP contribution >= 0.6 is 0 Å². The van der Waals surface area contributed by atoms with Crippen molar-refractivity contribution in [3.8, 4) is 0 Å². The summed E-state index contributed by atoms with van der Waals surface area (Å²) in [5.74, 6) is -1.62. The maximum absolute atomic E-state index is 9.79. The van der Waals surface area contributed by atoms with Crippen molar-refractivity contribution in [3.05, 3.63) is 0 Å². The zero-order chi connectivity index (χ0) is 12.9. The summed E-state index contributed by atoms with van der Waals surface area (Å²) >= 11 is 0. The second-order valence-corrected chi connectivity index (χ2v) is 4.34. The van der Waals surface area contributed by atoms with E-state index in [1.807, 2.05) is 6.92 Å². The highest BCUT2D eigenvalue weighted by Gasteiger charge is 2.50. The number of rotatable bonds is 6. The molecule has 1 fully saturated rings. The first-order valence-corrected chi connectivity index (χ1v) is 6.00. The van der Waals surface area contributed by atoms with Crippen molar-refractivity contribution >= 4 is 0 Å². The first-order valence-electron chi connectivity index (χ1n) is 6.00. The van der Waals surface area contributed by atoms with E-state index in [1.165, 1.54) is 0 Å². The van der Waals surface area contributed by atoms with Crippen LogP contribution in [0.4, 0.5) is 0 Å². The Morgan fingerprint density at radius 2 is 2.00 bits per heavy atom. The zero-order valence-electron chi connectivity index (χ0n) is 10.1. The summed E-state index contributed by atoms with van der Waals surface area (Å²) in [5.41, 5.74) is 0. The lowest BCUT2D eigenvalue weighted by molar-refractivity contribution is -0.348. The van der Waals surface area contributed by atoms with E-state index in [0.29, 0.717) is 6.61 Å². The molecule has 0 aromatic rings. The Hall–Kier alpha value is -0.240. The molecule has 4 atom stereocenters. The molecule has 102 valence electrons. The summed E-state index contributed by atoms with van der Waals surface area (Å²) in [5, 5.41) is 37.9. The molecule has 1 aliphatic heterocycles. The second-order valence-electron chi connectivity index (χ2n) is 4.34. The molecule has 6 heteroatoms. The highest BCUT2D eigenvalue weighted by Crippen LogP contribution is 2.27. The number of hydrogen-bond donors (Lipinski definition) is 4. The molecule has 1 saturated heterocycles. The van der Waals surface area contributed by atoms with Crippen LogP contribution in [0.5, 0.6) is 0 Å². The first kappa shape index (κ1) is 14.8. The van der Waals surface area contributed by atoms with Gasteiger partial charge in [0.1, 0.15) is 24.9 Å². The van der Waals surface area contributed by atoms with Crippen LogP contribution in [0, 0.1) is 0 Å². The number of ether oxygens (including phenoxy) is 2. The molecule has 0 aliphatic carbocycles. The van der Waals surface area contributed by atoms with Crippen LogP contribution in [0.3, 0.4) is 0 Å². The van der Waals surface area contributed by atoms with Crippen LogP contribution < -0.4 is 0 Å². The van der Waals surface area contributed by atoms with Crippen molar-refractivity contribution in [2.45, 2.75) is 50.3 Å². The van der Waals surface area contributed by atoms with E-state index in [4.69, 9.17) is 9.47 Å². The summed E-state index contributed by atoms with van der Waals surface area (Å²) in [6.45, 7) is 1.64. The molecule has 4 N–H and O–H groups in total. The van der Waals surface area contributed by atoms with Crippen molar-refractivity contribution in [2.75, 3.05) is 19.8 Å². The molecule has 17 heavy (non-hydrogen) atoms. The molecule has 1 unspecified atom stereocenters. The van der Waals surface area contributed by atoms with Gasteiger partial charge in [0.15, 0.2) is 0 Å². The van der Waals surface area contributed by atoms with Crippen LogP contribution in [0.1, 0.15) is 26.2 Å². The molecule has 0 saturated carbocycles. The van der Waals surface area contributed by atoms with Gasteiger partial charge in [-0.05, 0) is 6.42 Å². The third kappa shape index (κ3) is 3.37. The SMILES string of the molecule is CCCCCOC1(CO)OC[C@@H](O)[C@H](O)[C@H]1O. The fourth-order valence-corrected chi connectivity index (χ4v) is 1.79. The van der Waals surface area contributed by atoms with Gasteiger partial charge < -0.3 is 29.9 Å². The van der Waals surface area contributed by atoms with Crippen LogP contribution in [0.25, 0.3) is 0 Å². The van der Waals surface area contributed by atoms with E-state index >= 15 is 0 Å². The van der Waals surface area contributed by atoms with Crippen LogP contribution in [0.2, 0.25) is 0 Å². The Kier molecular flexibility index (Phi) is 5.78. The largest absolute Gasteiger partial charge is 0.391 e. The number of aliphatic hydroxyl groups is 4. The Morgan fingerprint density at radius 1 is 1.29 bits per heavy atom. The standard InChI is InChI=1S/C11H22O6/c1-2-3-4-5-16-11(7-12)10(15)9(14)8(13)6-17-11/h8-10,12-15H,2-7H2,1H3/t8-,9+,10-,11?/m1/s1. The lowest BCUT2D eigenvalue weighted by Gasteiger charge is -2.43. The van der Waals surface area contributed by atoms with E-state index < -0.39 is 30.7 Å². The van der Waals surface area contributed by atoms with Crippen molar-refractivity contribution in [2.24, 2.45) is 0 Å². The van der Waals surface area contributed by atoms with Gasteiger partial charge in [0, 0.05) is 0 Å². The van der Waals surface area contributed by atoms with Crippen LogP contribution in [-0.4, -0.2) is 64.3 Å². The molecule has 0 aromatic heterocycles. The molecular formula is C11H22O6. The minimum atomic E-state index is -1.62. The molecule has 1 aliphatic rings. The maximum Gasteiger partial charge on any atom is 0.221 e. The molecule has 0 bridgehead atoms.